The third-order valence-electron chi connectivity index (χ3n) is 3.90. The summed E-state index contributed by atoms with van der Waals surface area (Å²) in [6.07, 6.45) is -0.0635. The molecular formula is C18H25N3O6. The highest BCUT2D eigenvalue weighted by atomic mass is 16.6. The fraction of sp³-hybridized carbons (Fsp3) is 0.500. The van der Waals surface area contributed by atoms with Crippen LogP contribution < -0.4 is 25.8 Å². The minimum Gasteiger partial charge on any atom is -0.486 e. The van der Waals surface area contributed by atoms with Crippen LogP contribution in [0.5, 0.6) is 11.5 Å². The normalized spacial score (nSPS) is 13.6. The van der Waals surface area contributed by atoms with Crippen LogP contribution >= 0.6 is 0 Å². The predicted molar refractivity (Wildman–Crippen MR) is 96.3 cm³/mol. The van der Waals surface area contributed by atoms with Crippen LogP contribution in [-0.2, 0) is 14.3 Å². The Labute approximate surface area is 157 Å². The number of nitrogens with two attached hydrogens (primary N) is 1. The van der Waals surface area contributed by atoms with E-state index >= 15 is 0 Å². The van der Waals surface area contributed by atoms with E-state index in [9.17, 15) is 14.4 Å². The van der Waals surface area contributed by atoms with E-state index in [-0.39, 0.29) is 24.9 Å². The lowest BCUT2D eigenvalue weighted by molar-refractivity contribution is -0.148. The summed E-state index contributed by atoms with van der Waals surface area (Å²) in [5.41, 5.74) is 5.77. The predicted octanol–water partition coefficient (Wildman–Crippen LogP) is 0.873. The number of hydrogen-bond donors (Lipinski definition) is 3. The number of fused-ring (bicyclic) bond motifs is 1. The lowest BCUT2D eigenvalue weighted by Gasteiger charge is -2.25. The van der Waals surface area contributed by atoms with Gasteiger partial charge < -0.3 is 30.6 Å². The average Bonchev–Trinajstić information content (AvgIpc) is 2.63. The van der Waals surface area contributed by atoms with E-state index in [1.54, 1.807) is 0 Å². The molecule has 1 aromatic rings. The third kappa shape index (κ3) is 6.36. The highest BCUT2D eigenvalue weighted by Crippen LogP contribution is 2.34. The molecule has 0 unspecified atom stereocenters. The zero-order valence-corrected chi connectivity index (χ0v) is 15.4. The van der Waals surface area contributed by atoms with E-state index in [1.165, 1.54) is 0 Å². The van der Waals surface area contributed by atoms with Crippen LogP contribution in [0, 0.1) is 5.92 Å². The Morgan fingerprint density at radius 3 is 2.56 bits per heavy atom. The maximum absolute atomic E-state index is 12.2. The van der Waals surface area contributed by atoms with Gasteiger partial charge >= 0.3 is 12.0 Å². The summed E-state index contributed by atoms with van der Waals surface area (Å²) < 4.78 is 16.0. The molecule has 148 valence electrons. The van der Waals surface area contributed by atoms with Gasteiger partial charge in [-0.3, -0.25) is 9.59 Å². The minimum absolute atomic E-state index is 0.0571. The van der Waals surface area contributed by atoms with Gasteiger partial charge in [0, 0.05) is 6.54 Å². The monoisotopic (exact) mass is 379 g/mol. The van der Waals surface area contributed by atoms with Crippen molar-refractivity contribution in [2.24, 2.45) is 11.7 Å². The van der Waals surface area contributed by atoms with Crippen molar-refractivity contribution in [1.29, 1.82) is 0 Å². The van der Waals surface area contributed by atoms with Crippen molar-refractivity contribution in [3.63, 3.8) is 0 Å². The number of ether oxygens (including phenoxy) is 3. The van der Waals surface area contributed by atoms with Gasteiger partial charge in [0.1, 0.15) is 13.2 Å². The van der Waals surface area contributed by atoms with E-state index < -0.39 is 24.5 Å². The first-order chi connectivity index (χ1) is 12.9. The molecule has 1 atom stereocenters. The van der Waals surface area contributed by atoms with E-state index in [4.69, 9.17) is 19.9 Å². The first-order valence-corrected chi connectivity index (χ1v) is 8.74. The molecule has 4 N–H and O–H groups in total. The van der Waals surface area contributed by atoms with Crippen LogP contribution in [0.2, 0.25) is 0 Å². The molecule has 0 radical (unpaired) electrons. The summed E-state index contributed by atoms with van der Waals surface area (Å²) in [4.78, 5) is 34.3. The van der Waals surface area contributed by atoms with E-state index in [0.29, 0.717) is 24.7 Å². The van der Waals surface area contributed by atoms with Gasteiger partial charge in [-0.1, -0.05) is 19.9 Å². The summed E-state index contributed by atoms with van der Waals surface area (Å²) in [6, 6.07) is 4.54. The minimum atomic E-state index is -0.722. The number of urea groups is 1. The van der Waals surface area contributed by atoms with Crippen LogP contribution in [0.25, 0.3) is 0 Å². The second kappa shape index (κ2) is 9.65. The summed E-state index contributed by atoms with van der Waals surface area (Å²) in [5.74, 6) is 0.412. The van der Waals surface area contributed by atoms with Gasteiger partial charge in [-0.25, -0.2) is 4.79 Å². The number of rotatable bonds is 8. The summed E-state index contributed by atoms with van der Waals surface area (Å²) in [5, 5.41) is 5.14. The molecule has 0 saturated carbocycles. The first-order valence-electron chi connectivity index (χ1n) is 8.74. The Morgan fingerprint density at radius 1 is 1.19 bits per heavy atom. The van der Waals surface area contributed by atoms with Crippen LogP contribution in [0.1, 0.15) is 31.9 Å². The van der Waals surface area contributed by atoms with Crippen molar-refractivity contribution in [1.82, 2.24) is 10.6 Å². The van der Waals surface area contributed by atoms with Gasteiger partial charge in [0.2, 0.25) is 0 Å². The van der Waals surface area contributed by atoms with Gasteiger partial charge in [-0.05, 0) is 23.6 Å². The molecule has 1 heterocycles. The molecule has 0 fully saturated rings. The highest BCUT2D eigenvalue weighted by molar-refractivity contribution is 5.81. The fourth-order valence-electron chi connectivity index (χ4n) is 2.61. The number of primary amides is 1. The van der Waals surface area contributed by atoms with Crippen LogP contribution in [0.4, 0.5) is 4.79 Å². The van der Waals surface area contributed by atoms with Crippen molar-refractivity contribution >= 4 is 17.9 Å². The Morgan fingerprint density at radius 2 is 1.89 bits per heavy atom. The zero-order valence-electron chi connectivity index (χ0n) is 15.4. The molecule has 1 aliphatic heterocycles. The summed E-state index contributed by atoms with van der Waals surface area (Å²) >= 11 is 0. The number of carbonyl (C=O) groups is 3. The standard InChI is InChI=1S/C18H25N3O6/c1-11(2)17(12-3-4-13-14(9-12)26-8-7-25-13)21-15(22)10-27-16(23)5-6-20-18(19)24/h3-4,9,11,17H,5-8,10H2,1-2H3,(H,21,22)(H3,19,20,24)/t17-/m1/s1. The van der Waals surface area contributed by atoms with Crippen molar-refractivity contribution in [3.05, 3.63) is 23.8 Å². The molecule has 0 saturated heterocycles. The number of nitrogens with one attached hydrogen (secondary N) is 2. The molecule has 0 spiro atoms. The third-order valence-corrected chi connectivity index (χ3v) is 3.90. The van der Waals surface area contributed by atoms with E-state index in [0.717, 1.165) is 5.56 Å². The molecular weight excluding hydrogens is 354 g/mol. The van der Waals surface area contributed by atoms with Crippen LogP contribution in [-0.4, -0.2) is 44.3 Å². The first kappa shape index (κ1) is 20.3. The number of benzene rings is 1. The second-order valence-corrected chi connectivity index (χ2v) is 6.39. The van der Waals surface area contributed by atoms with Crippen LogP contribution in [0.15, 0.2) is 18.2 Å². The lowest BCUT2D eigenvalue weighted by Crippen LogP contribution is -2.35. The Hall–Kier alpha value is -2.97. The number of esters is 1. The molecule has 2 rings (SSSR count). The molecule has 1 aliphatic rings. The molecule has 3 amide bonds. The topological polar surface area (TPSA) is 129 Å². The van der Waals surface area contributed by atoms with Gasteiger partial charge in [-0.2, -0.15) is 0 Å². The van der Waals surface area contributed by atoms with Gasteiger partial charge in [-0.15, -0.1) is 0 Å². The van der Waals surface area contributed by atoms with Crippen molar-refractivity contribution < 1.29 is 28.6 Å². The highest BCUT2D eigenvalue weighted by Gasteiger charge is 2.22. The molecule has 9 nitrogen and oxygen atoms in total. The number of carbonyl (C=O) groups excluding carboxylic acids is 3. The number of amides is 3. The fourth-order valence-corrected chi connectivity index (χ4v) is 2.61. The number of hydrogen-bond acceptors (Lipinski definition) is 6. The maximum atomic E-state index is 12.2. The van der Waals surface area contributed by atoms with Crippen LogP contribution in [0.3, 0.4) is 0 Å². The molecule has 27 heavy (non-hydrogen) atoms. The van der Waals surface area contributed by atoms with Crippen molar-refractivity contribution in [3.8, 4) is 11.5 Å². The second-order valence-electron chi connectivity index (χ2n) is 6.39. The molecule has 9 heteroatoms. The Bertz CT molecular complexity index is 692. The molecule has 0 aliphatic carbocycles. The zero-order chi connectivity index (χ0) is 19.8. The molecule has 1 aromatic carbocycles. The SMILES string of the molecule is CC(C)[C@@H](NC(=O)COC(=O)CCNC(N)=O)c1ccc2c(c1)OCCO2. The van der Waals surface area contributed by atoms with Gasteiger partial charge in [0.25, 0.3) is 5.91 Å². The van der Waals surface area contributed by atoms with Gasteiger partial charge in [0.15, 0.2) is 18.1 Å². The Kier molecular flexibility index (Phi) is 7.27. The van der Waals surface area contributed by atoms with Crippen molar-refractivity contribution in [2.45, 2.75) is 26.3 Å². The Balaban J connectivity index is 1.89. The van der Waals surface area contributed by atoms with E-state index in [1.807, 2.05) is 32.0 Å². The summed E-state index contributed by atoms with van der Waals surface area (Å²) in [6.45, 7) is 4.60. The smallest absolute Gasteiger partial charge is 0.312 e. The quantitative estimate of drug-likeness (QED) is 0.575. The average molecular weight is 379 g/mol. The maximum Gasteiger partial charge on any atom is 0.312 e. The largest absolute Gasteiger partial charge is 0.486 e. The molecule has 0 aromatic heterocycles. The summed E-state index contributed by atoms with van der Waals surface area (Å²) in [7, 11) is 0. The van der Waals surface area contributed by atoms with Crippen molar-refractivity contribution in [2.75, 3.05) is 26.4 Å². The van der Waals surface area contributed by atoms with E-state index in [2.05, 4.69) is 10.6 Å². The molecule has 0 bridgehead atoms. The lowest BCUT2D eigenvalue weighted by atomic mass is 9.95. The van der Waals surface area contributed by atoms with Gasteiger partial charge in [0.05, 0.1) is 12.5 Å².